The second kappa shape index (κ2) is 7.20. The highest BCUT2D eigenvalue weighted by atomic mass is 19.1. The van der Waals surface area contributed by atoms with Gasteiger partial charge in [-0.2, -0.15) is 5.10 Å². The van der Waals surface area contributed by atoms with Crippen LogP contribution in [-0.2, 0) is 9.59 Å². The molecule has 0 bridgehead atoms. The van der Waals surface area contributed by atoms with E-state index in [2.05, 4.69) is 5.10 Å². The molecule has 2 amide bonds. The molecule has 1 unspecified atom stereocenters. The maximum atomic E-state index is 13.7. The van der Waals surface area contributed by atoms with Gasteiger partial charge in [0.15, 0.2) is 5.78 Å². The van der Waals surface area contributed by atoms with Crippen LogP contribution in [0.4, 0.5) is 10.1 Å². The average molecular weight is 439 g/mol. The van der Waals surface area contributed by atoms with E-state index >= 15 is 0 Å². The van der Waals surface area contributed by atoms with Gasteiger partial charge in [0.1, 0.15) is 11.9 Å². The molecule has 0 radical (unpaired) electrons. The Kier molecular flexibility index (Phi) is 4.26. The molecule has 6 nitrogen and oxygen atoms in total. The zero-order valence-corrected chi connectivity index (χ0v) is 17.3. The molecule has 2 fully saturated rings. The van der Waals surface area contributed by atoms with Crippen LogP contribution in [0.2, 0.25) is 0 Å². The van der Waals surface area contributed by atoms with Gasteiger partial charge in [0.25, 0.3) is 0 Å². The van der Waals surface area contributed by atoms with E-state index in [9.17, 15) is 18.8 Å². The molecule has 0 saturated carbocycles. The predicted octanol–water partition coefficient (Wildman–Crippen LogP) is 3.59. The van der Waals surface area contributed by atoms with E-state index in [1.165, 1.54) is 29.2 Å². The van der Waals surface area contributed by atoms with Crippen molar-refractivity contribution in [1.82, 2.24) is 5.01 Å². The first-order valence-electron chi connectivity index (χ1n) is 10.7. The number of hydrogen-bond acceptors (Lipinski definition) is 5. The van der Waals surface area contributed by atoms with E-state index in [4.69, 9.17) is 0 Å². The van der Waals surface area contributed by atoms with Crippen molar-refractivity contribution < 1.29 is 18.8 Å². The van der Waals surface area contributed by atoms with Crippen molar-refractivity contribution in [3.05, 3.63) is 101 Å². The average Bonchev–Trinajstić information content (AvgIpc) is 3.32. The number of hydrogen-bond donors (Lipinski definition) is 0. The first kappa shape index (κ1) is 19.5. The zero-order chi connectivity index (χ0) is 22.7. The van der Waals surface area contributed by atoms with E-state index < -0.39 is 35.6 Å². The number of Topliss-reactive ketones (excluding diaryl/α,β-unsaturated/α-hetero) is 1. The molecule has 3 aliphatic rings. The van der Waals surface area contributed by atoms with Gasteiger partial charge in [0, 0.05) is 5.56 Å². The molecular weight excluding hydrogens is 421 g/mol. The Hall–Kier alpha value is -4.13. The Morgan fingerprint density at radius 3 is 2.24 bits per heavy atom. The van der Waals surface area contributed by atoms with Gasteiger partial charge in [-0.05, 0) is 47.5 Å². The van der Waals surface area contributed by atoms with E-state index in [1.54, 1.807) is 35.5 Å². The highest BCUT2D eigenvalue weighted by Gasteiger charge is 2.65. The summed E-state index contributed by atoms with van der Waals surface area (Å²) < 4.78 is 13.5. The lowest BCUT2D eigenvalue weighted by atomic mass is 9.83. The van der Waals surface area contributed by atoms with Crippen molar-refractivity contribution >= 4 is 29.5 Å². The molecule has 0 aliphatic carbocycles. The molecule has 0 aromatic heterocycles. The molecule has 0 N–H and O–H groups in total. The predicted molar refractivity (Wildman–Crippen MR) is 119 cm³/mol. The summed E-state index contributed by atoms with van der Waals surface area (Å²) in [7, 11) is 0. The van der Waals surface area contributed by atoms with Gasteiger partial charge in [-0.1, -0.05) is 42.5 Å². The summed E-state index contributed by atoms with van der Waals surface area (Å²) in [4.78, 5) is 42.2. The van der Waals surface area contributed by atoms with Crippen molar-refractivity contribution in [2.75, 3.05) is 4.90 Å². The molecule has 7 heteroatoms. The van der Waals surface area contributed by atoms with Crippen molar-refractivity contribution in [2.45, 2.75) is 12.1 Å². The molecule has 2 saturated heterocycles. The third-order valence-electron chi connectivity index (χ3n) is 6.70. The fraction of sp³-hybridized carbons (Fsp3) is 0.154. The highest BCUT2D eigenvalue weighted by molar-refractivity contribution is 6.24. The van der Waals surface area contributed by atoms with E-state index in [1.807, 2.05) is 30.3 Å². The minimum Gasteiger partial charge on any atom is -0.292 e. The number of fused-ring (bicyclic) bond motifs is 5. The van der Waals surface area contributed by atoms with Crippen LogP contribution in [0.3, 0.4) is 0 Å². The number of carbonyl (C=O) groups excluding carboxylic acids is 3. The number of imide groups is 1. The second-order valence-electron chi connectivity index (χ2n) is 8.41. The van der Waals surface area contributed by atoms with Crippen LogP contribution in [0, 0.1) is 17.7 Å². The minimum absolute atomic E-state index is 0.272. The Bertz CT molecular complexity index is 1320. The van der Waals surface area contributed by atoms with Crippen molar-refractivity contribution in [3.8, 4) is 0 Å². The molecule has 0 spiro atoms. The summed E-state index contributed by atoms with van der Waals surface area (Å²) in [6, 6.07) is 20.0. The molecule has 4 atom stereocenters. The normalized spacial score (nSPS) is 25.1. The lowest BCUT2D eigenvalue weighted by Crippen LogP contribution is -2.44. The van der Waals surface area contributed by atoms with E-state index in [-0.39, 0.29) is 17.3 Å². The topological polar surface area (TPSA) is 70.0 Å². The molecule has 3 aliphatic heterocycles. The molecule has 33 heavy (non-hydrogen) atoms. The summed E-state index contributed by atoms with van der Waals surface area (Å²) in [6.45, 7) is 0. The van der Waals surface area contributed by atoms with Crippen molar-refractivity contribution in [2.24, 2.45) is 16.9 Å². The van der Waals surface area contributed by atoms with E-state index in [0.29, 0.717) is 5.69 Å². The quantitative estimate of drug-likeness (QED) is 0.462. The molecule has 3 heterocycles. The second-order valence-corrected chi connectivity index (χ2v) is 8.41. The maximum absolute atomic E-state index is 13.7. The zero-order valence-electron chi connectivity index (χ0n) is 17.3. The van der Waals surface area contributed by atoms with Gasteiger partial charge < -0.3 is 0 Å². The number of benzene rings is 3. The Morgan fingerprint density at radius 1 is 0.818 bits per heavy atom. The number of hydrazone groups is 1. The third-order valence-corrected chi connectivity index (χ3v) is 6.70. The summed E-state index contributed by atoms with van der Waals surface area (Å²) in [5, 5.41) is 6.12. The van der Waals surface area contributed by atoms with E-state index in [0.717, 1.165) is 11.1 Å². The van der Waals surface area contributed by atoms with Crippen molar-refractivity contribution in [3.63, 3.8) is 0 Å². The van der Waals surface area contributed by atoms with Gasteiger partial charge in [0.2, 0.25) is 11.8 Å². The summed E-state index contributed by atoms with van der Waals surface area (Å²) >= 11 is 0. The number of nitrogens with zero attached hydrogens (tertiary/aromatic N) is 3. The Balaban J connectivity index is 1.50. The smallest absolute Gasteiger partial charge is 0.240 e. The third kappa shape index (κ3) is 2.78. The number of anilines is 1. The number of rotatable bonds is 3. The summed E-state index contributed by atoms with van der Waals surface area (Å²) in [5.74, 6) is -3.23. The number of carbonyl (C=O) groups is 3. The fourth-order valence-electron chi connectivity index (χ4n) is 5.28. The molecule has 3 aromatic rings. The van der Waals surface area contributed by atoms with Gasteiger partial charge in [-0.15, -0.1) is 0 Å². The van der Waals surface area contributed by atoms with Crippen molar-refractivity contribution in [1.29, 1.82) is 0 Å². The van der Waals surface area contributed by atoms with Crippen LogP contribution in [-0.4, -0.2) is 34.9 Å². The van der Waals surface area contributed by atoms with Crippen LogP contribution in [0.5, 0.6) is 0 Å². The van der Waals surface area contributed by atoms with Gasteiger partial charge >= 0.3 is 0 Å². The molecular formula is C26H18FN3O3. The molecule has 3 aromatic carbocycles. The standard InChI is InChI=1S/C26H18FN3O3/c27-17-12-10-15(11-13-17)24(31)23-21-20(22-19-9-5-4-6-16(19)14-28-30(22)23)25(32)29(26(21)33)18-7-2-1-3-8-18/h1-14,20-23H/t20-,21+,22?,23-/m1/s1. The van der Waals surface area contributed by atoms with Gasteiger partial charge in [0.05, 0.1) is 29.8 Å². The highest BCUT2D eigenvalue weighted by Crippen LogP contribution is 2.53. The lowest BCUT2D eigenvalue weighted by molar-refractivity contribution is -0.124. The number of amides is 2. The minimum atomic E-state index is -0.972. The summed E-state index contributed by atoms with van der Waals surface area (Å²) in [5.41, 5.74) is 2.46. The first-order chi connectivity index (χ1) is 16.1. The van der Waals surface area contributed by atoms with Crippen LogP contribution >= 0.6 is 0 Å². The van der Waals surface area contributed by atoms with Crippen LogP contribution in [0.1, 0.15) is 27.5 Å². The Labute approximate surface area is 188 Å². The largest absolute Gasteiger partial charge is 0.292 e. The molecule has 6 rings (SSSR count). The number of ketones is 1. The maximum Gasteiger partial charge on any atom is 0.240 e. The fourth-order valence-corrected chi connectivity index (χ4v) is 5.28. The monoisotopic (exact) mass is 439 g/mol. The van der Waals surface area contributed by atoms with Gasteiger partial charge in [-0.3, -0.25) is 19.4 Å². The SMILES string of the molecule is O=C(c1ccc(F)cc1)[C@H]1[C@H]2C(=O)N(c3ccccc3)C(=O)[C@H]2C2c3ccccc3C=NN21. The van der Waals surface area contributed by atoms with Crippen LogP contribution in [0.15, 0.2) is 84.0 Å². The summed E-state index contributed by atoms with van der Waals surface area (Å²) in [6.07, 6.45) is 1.65. The van der Waals surface area contributed by atoms with Gasteiger partial charge in [-0.25, -0.2) is 9.29 Å². The number of halogens is 1. The Morgan fingerprint density at radius 2 is 1.48 bits per heavy atom. The lowest BCUT2D eigenvalue weighted by Gasteiger charge is -2.33. The molecule has 162 valence electrons. The first-order valence-corrected chi connectivity index (χ1v) is 10.7. The van der Waals surface area contributed by atoms with Crippen LogP contribution in [0.25, 0.3) is 0 Å². The van der Waals surface area contributed by atoms with Crippen LogP contribution < -0.4 is 4.90 Å². The number of para-hydroxylation sites is 1.